The minimum atomic E-state index is -3.90. The van der Waals surface area contributed by atoms with Crippen LogP contribution in [0.3, 0.4) is 0 Å². The predicted molar refractivity (Wildman–Crippen MR) is 86.9 cm³/mol. The summed E-state index contributed by atoms with van der Waals surface area (Å²) in [6.45, 7) is 1.97. The largest absolute Gasteiger partial charge is 0.351 e. The molecule has 0 aliphatic carbocycles. The zero-order chi connectivity index (χ0) is 17.6. The molecule has 1 amide bonds. The summed E-state index contributed by atoms with van der Waals surface area (Å²) in [6.07, 6.45) is 3.49. The molecule has 0 aliphatic heterocycles. The summed E-state index contributed by atoms with van der Waals surface area (Å²) in [5.41, 5.74) is 0.856. The van der Waals surface area contributed by atoms with Gasteiger partial charge in [-0.1, -0.05) is 6.92 Å². The van der Waals surface area contributed by atoms with Crippen LogP contribution in [0.2, 0.25) is 0 Å². The quantitative estimate of drug-likeness (QED) is 0.793. The van der Waals surface area contributed by atoms with Crippen molar-refractivity contribution in [1.29, 1.82) is 0 Å². The molecule has 0 saturated carbocycles. The zero-order valence-electron chi connectivity index (χ0n) is 13.1. The Balaban J connectivity index is 2.02. The highest BCUT2D eigenvalue weighted by Gasteiger charge is 2.24. The molecular formula is C16H18FN3O3S. The summed E-state index contributed by atoms with van der Waals surface area (Å²) in [4.78, 5) is 16.0. The number of pyridine rings is 1. The number of hydrogen-bond acceptors (Lipinski definition) is 4. The Bertz CT molecular complexity index is 780. The Morgan fingerprint density at radius 3 is 2.38 bits per heavy atom. The van der Waals surface area contributed by atoms with E-state index >= 15 is 0 Å². The van der Waals surface area contributed by atoms with Gasteiger partial charge in [-0.3, -0.25) is 9.78 Å². The van der Waals surface area contributed by atoms with E-state index in [4.69, 9.17) is 0 Å². The molecule has 2 rings (SSSR count). The van der Waals surface area contributed by atoms with Gasteiger partial charge in [0.05, 0.1) is 4.90 Å². The van der Waals surface area contributed by atoms with Crippen LogP contribution in [0, 0.1) is 5.82 Å². The molecule has 2 aromatic rings. The maximum Gasteiger partial charge on any atom is 0.241 e. The third-order valence-corrected chi connectivity index (χ3v) is 4.85. The number of carbonyl (C=O) groups is 1. The normalized spacial score (nSPS) is 12.6. The Labute approximate surface area is 140 Å². The summed E-state index contributed by atoms with van der Waals surface area (Å²) >= 11 is 0. The first-order chi connectivity index (χ1) is 11.4. The number of nitrogens with one attached hydrogen (secondary N) is 2. The average Bonchev–Trinajstić information content (AvgIpc) is 2.59. The second-order valence-electron chi connectivity index (χ2n) is 5.11. The minimum absolute atomic E-state index is 0.0933. The lowest BCUT2D eigenvalue weighted by Crippen LogP contribution is -2.46. The van der Waals surface area contributed by atoms with E-state index in [1.807, 2.05) is 0 Å². The summed E-state index contributed by atoms with van der Waals surface area (Å²) in [7, 11) is -3.90. The number of nitrogens with zero attached hydrogens (tertiary/aromatic N) is 1. The monoisotopic (exact) mass is 351 g/mol. The highest BCUT2D eigenvalue weighted by Crippen LogP contribution is 2.11. The van der Waals surface area contributed by atoms with Crippen LogP contribution in [0.15, 0.2) is 53.7 Å². The zero-order valence-corrected chi connectivity index (χ0v) is 13.9. The first-order valence-electron chi connectivity index (χ1n) is 7.37. The summed E-state index contributed by atoms with van der Waals surface area (Å²) in [6, 6.07) is 7.01. The van der Waals surface area contributed by atoms with Crippen molar-refractivity contribution in [2.45, 2.75) is 30.8 Å². The van der Waals surface area contributed by atoms with Gasteiger partial charge in [-0.2, -0.15) is 4.72 Å². The fourth-order valence-electron chi connectivity index (χ4n) is 2.00. The third kappa shape index (κ3) is 4.84. The van der Waals surface area contributed by atoms with Crippen LogP contribution in [0.4, 0.5) is 4.39 Å². The van der Waals surface area contributed by atoms with Crippen molar-refractivity contribution in [3.8, 4) is 0 Å². The molecule has 1 heterocycles. The second kappa shape index (κ2) is 7.98. The van der Waals surface area contributed by atoms with E-state index in [2.05, 4.69) is 15.0 Å². The Morgan fingerprint density at radius 1 is 1.17 bits per heavy atom. The lowest BCUT2D eigenvalue weighted by Gasteiger charge is -2.17. The van der Waals surface area contributed by atoms with Gasteiger partial charge in [-0.15, -0.1) is 0 Å². The maximum absolute atomic E-state index is 12.9. The molecule has 24 heavy (non-hydrogen) atoms. The highest BCUT2D eigenvalue weighted by molar-refractivity contribution is 7.89. The van der Waals surface area contributed by atoms with Crippen LogP contribution in [-0.4, -0.2) is 25.4 Å². The van der Waals surface area contributed by atoms with Crippen molar-refractivity contribution in [2.75, 3.05) is 0 Å². The van der Waals surface area contributed by atoms with Gasteiger partial charge in [0.2, 0.25) is 15.9 Å². The first kappa shape index (κ1) is 18.0. The molecule has 1 unspecified atom stereocenters. The molecule has 1 aromatic carbocycles. The minimum Gasteiger partial charge on any atom is -0.351 e. The second-order valence-corrected chi connectivity index (χ2v) is 6.82. The van der Waals surface area contributed by atoms with E-state index < -0.39 is 27.8 Å². The molecule has 1 atom stereocenters. The van der Waals surface area contributed by atoms with Crippen molar-refractivity contribution in [1.82, 2.24) is 15.0 Å². The standard InChI is InChI=1S/C16H18FN3O3S/c1-2-15(16(21)19-11-12-7-9-18-10-8-12)20-24(22,23)14-5-3-13(17)4-6-14/h3-10,15,20H,2,11H2,1H3,(H,19,21). The molecular weight excluding hydrogens is 333 g/mol. The first-order valence-corrected chi connectivity index (χ1v) is 8.85. The van der Waals surface area contributed by atoms with Gasteiger partial charge in [0.15, 0.2) is 0 Å². The molecule has 8 heteroatoms. The van der Waals surface area contributed by atoms with Gasteiger partial charge in [0.1, 0.15) is 11.9 Å². The lowest BCUT2D eigenvalue weighted by molar-refractivity contribution is -0.122. The third-order valence-electron chi connectivity index (χ3n) is 3.36. The SMILES string of the molecule is CCC(NS(=O)(=O)c1ccc(F)cc1)C(=O)NCc1ccncc1. The van der Waals surface area contributed by atoms with Crippen molar-refractivity contribution >= 4 is 15.9 Å². The van der Waals surface area contributed by atoms with E-state index in [0.29, 0.717) is 0 Å². The van der Waals surface area contributed by atoms with Crippen LogP contribution in [0.1, 0.15) is 18.9 Å². The fourth-order valence-corrected chi connectivity index (χ4v) is 3.28. The number of carbonyl (C=O) groups excluding carboxylic acids is 1. The van der Waals surface area contributed by atoms with Crippen LogP contribution < -0.4 is 10.0 Å². The molecule has 0 aliphatic rings. The Morgan fingerprint density at radius 2 is 1.79 bits per heavy atom. The predicted octanol–water partition coefficient (Wildman–Crippen LogP) is 1.59. The number of halogens is 1. The number of amides is 1. The highest BCUT2D eigenvalue weighted by atomic mass is 32.2. The van der Waals surface area contributed by atoms with Crippen molar-refractivity contribution < 1.29 is 17.6 Å². The molecule has 128 valence electrons. The topological polar surface area (TPSA) is 88.2 Å². The van der Waals surface area contributed by atoms with Crippen molar-refractivity contribution in [3.05, 3.63) is 60.2 Å². The number of benzene rings is 1. The molecule has 0 saturated heterocycles. The van der Waals surface area contributed by atoms with Crippen LogP contribution in [-0.2, 0) is 21.4 Å². The van der Waals surface area contributed by atoms with Crippen molar-refractivity contribution in [2.24, 2.45) is 0 Å². The van der Waals surface area contributed by atoms with E-state index in [9.17, 15) is 17.6 Å². The summed E-state index contributed by atoms with van der Waals surface area (Å²) < 4.78 is 39.8. The molecule has 2 N–H and O–H groups in total. The average molecular weight is 351 g/mol. The Hall–Kier alpha value is -2.32. The molecule has 1 aromatic heterocycles. The van der Waals surface area contributed by atoms with Gasteiger partial charge >= 0.3 is 0 Å². The van der Waals surface area contributed by atoms with Gasteiger partial charge < -0.3 is 5.32 Å². The van der Waals surface area contributed by atoms with Crippen LogP contribution >= 0.6 is 0 Å². The van der Waals surface area contributed by atoms with Crippen LogP contribution in [0.25, 0.3) is 0 Å². The van der Waals surface area contributed by atoms with Crippen molar-refractivity contribution in [3.63, 3.8) is 0 Å². The van der Waals surface area contributed by atoms with E-state index in [-0.39, 0.29) is 17.9 Å². The van der Waals surface area contributed by atoms with E-state index in [1.165, 1.54) is 0 Å². The van der Waals surface area contributed by atoms with Crippen LogP contribution in [0.5, 0.6) is 0 Å². The van der Waals surface area contributed by atoms with Gasteiger partial charge in [0, 0.05) is 18.9 Å². The summed E-state index contributed by atoms with van der Waals surface area (Å²) in [5.74, 6) is -0.962. The lowest BCUT2D eigenvalue weighted by atomic mass is 10.2. The molecule has 0 fully saturated rings. The number of aromatic nitrogens is 1. The van der Waals surface area contributed by atoms with E-state index in [0.717, 1.165) is 29.8 Å². The molecule has 0 spiro atoms. The number of sulfonamides is 1. The van der Waals surface area contributed by atoms with Gasteiger partial charge in [-0.25, -0.2) is 12.8 Å². The molecule has 6 nitrogen and oxygen atoms in total. The maximum atomic E-state index is 12.9. The molecule has 0 bridgehead atoms. The summed E-state index contributed by atoms with van der Waals surface area (Å²) in [5, 5.41) is 2.68. The fraction of sp³-hybridized carbons (Fsp3) is 0.250. The van der Waals surface area contributed by atoms with Gasteiger partial charge in [0.25, 0.3) is 0 Å². The van der Waals surface area contributed by atoms with Gasteiger partial charge in [-0.05, 0) is 48.4 Å². The Kier molecular flexibility index (Phi) is 5.99. The van der Waals surface area contributed by atoms with E-state index in [1.54, 1.807) is 31.5 Å². The smallest absolute Gasteiger partial charge is 0.241 e. The molecule has 0 radical (unpaired) electrons. The number of rotatable bonds is 7. The number of hydrogen-bond donors (Lipinski definition) is 2.